The summed E-state index contributed by atoms with van der Waals surface area (Å²) in [6.07, 6.45) is 0. The van der Waals surface area contributed by atoms with E-state index in [4.69, 9.17) is 9.47 Å². The highest BCUT2D eigenvalue weighted by Crippen LogP contribution is 2.40. The summed E-state index contributed by atoms with van der Waals surface area (Å²) in [5.41, 5.74) is 4.16. The number of benzene rings is 3. The molecular weight excluding hydrogens is 442 g/mol. The van der Waals surface area contributed by atoms with Crippen molar-refractivity contribution in [3.05, 3.63) is 106 Å². The van der Waals surface area contributed by atoms with Crippen molar-refractivity contribution in [1.82, 2.24) is 4.90 Å². The van der Waals surface area contributed by atoms with E-state index in [1.165, 1.54) is 4.90 Å². The average molecular weight is 472 g/mol. The number of methoxy groups -OCH3 is 1. The summed E-state index contributed by atoms with van der Waals surface area (Å²) in [5, 5.41) is 11.3. The molecule has 3 aromatic rings. The molecule has 180 valence electrons. The number of amides is 1. The monoisotopic (exact) mass is 471 g/mol. The molecule has 3 aromatic carbocycles. The summed E-state index contributed by atoms with van der Waals surface area (Å²) in [5.74, 6) is -0.887. The number of ketones is 1. The Morgan fingerprint density at radius 3 is 2.34 bits per heavy atom. The molecule has 35 heavy (non-hydrogen) atoms. The highest BCUT2D eigenvalue weighted by molar-refractivity contribution is 6.46. The summed E-state index contributed by atoms with van der Waals surface area (Å²) in [4.78, 5) is 27.5. The maximum Gasteiger partial charge on any atom is 0.295 e. The Morgan fingerprint density at radius 1 is 0.971 bits per heavy atom. The first kappa shape index (κ1) is 24.2. The van der Waals surface area contributed by atoms with Crippen LogP contribution in [-0.4, -0.2) is 42.0 Å². The quantitative estimate of drug-likeness (QED) is 0.286. The molecule has 1 aliphatic heterocycles. The minimum absolute atomic E-state index is 0.0796. The molecule has 0 aliphatic carbocycles. The number of rotatable bonds is 8. The lowest BCUT2D eigenvalue weighted by Gasteiger charge is -2.25. The number of aryl methyl sites for hydroxylation is 2. The lowest BCUT2D eigenvalue weighted by molar-refractivity contribution is -0.140. The SMILES string of the molecule is COCCN1C(=O)C(=O)C(=C(O)c2ccc(OCc3ccccc3)cc2C)[C@@H]1c1ccc(C)cc1. The van der Waals surface area contributed by atoms with Crippen molar-refractivity contribution in [3.8, 4) is 5.75 Å². The van der Waals surface area contributed by atoms with Crippen LogP contribution in [0.2, 0.25) is 0 Å². The first-order valence-electron chi connectivity index (χ1n) is 11.5. The van der Waals surface area contributed by atoms with Gasteiger partial charge in [0.25, 0.3) is 11.7 Å². The number of aliphatic hydroxyl groups excluding tert-OH is 1. The van der Waals surface area contributed by atoms with Crippen LogP contribution in [0.15, 0.2) is 78.4 Å². The van der Waals surface area contributed by atoms with Crippen molar-refractivity contribution in [2.75, 3.05) is 20.3 Å². The van der Waals surface area contributed by atoms with Gasteiger partial charge in [0.1, 0.15) is 18.1 Å². The smallest absolute Gasteiger partial charge is 0.295 e. The predicted molar refractivity (Wildman–Crippen MR) is 134 cm³/mol. The van der Waals surface area contributed by atoms with Gasteiger partial charge < -0.3 is 19.5 Å². The van der Waals surface area contributed by atoms with Crippen LogP contribution in [0.1, 0.15) is 33.9 Å². The van der Waals surface area contributed by atoms with Crippen molar-refractivity contribution in [3.63, 3.8) is 0 Å². The molecule has 1 amide bonds. The number of carbonyl (C=O) groups is 2. The Hall–Kier alpha value is -3.90. The van der Waals surface area contributed by atoms with Crippen LogP contribution in [0.3, 0.4) is 0 Å². The fourth-order valence-corrected chi connectivity index (χ4v) is 4.27. The molecule has 0 saturated carbocycles. The van der Waals surface area contributed by atoms with Crippen LogP contribution in [0.25, 0.3) is 5.76 Å². The number of carbonyl (C=O) groups excluding carboxylic acids is 2. The number of hydrogen-bond acceptors (Lipinski definition) is 5. The van der Waals surface area contributed by atoms with E-state index in [0.717, 1.165) is 22.3 Å². The van der Waals surface area contributed by atoms with Crippen LogP contribution in [0, 0.1) is 13.8 Å². The van der Waals surface area contributed by atoms with Gasteiger partial charge in [-0.2, -0.15) is 0 Å². The molecule has 0 unspecified atom stereocenters. The molecule has 1 fully saturated rings. The summed E-state index contributed by atoms with van der Waals surface area (Å²) >= 11 is 0. The minimum atomic E-state index is -0.701. The zero-order chi connectivity index (χ0) is 24.9. The maximum atomic E-state index is 13.1. The largest absolute Gasteiger partial charge is 0.507 e. The Balaban J connectivity index is 1.70. The molecule has 6 nitrogen and oxygen atoms in total. The molecule has 1 saturated heterocycles. The average Bonchev–Trinajstić information content (AvgIpc) is 3.12. The molecule has 1 aliphatic rings. The molecular formula is C29H29NO5. The summed E-state index contributed by atoms with van der Waals surface area (Å²) < 4.78 is 11.1. The van der Waals surface area contributed by atoms with Crippen molar-refractivity contribution in [1.29, 1.82) is 0 Å². The van der Waals surface area contributed by atoms with E-state index in [1.807, 2.05) is 74.5 Å². The highest BCUT2D eigenvalue weighted by atomic mass is 16.5. The van der Waals surface area contributed by atoms with E-state index in [0.29, 0.717) is 17.9 Å². The first-order valence-corrected chi connectivity index (χ1v) is 11.5. The fraction of sp³-hybridized carbons (Fsp3) is 0.241. The van der Waals surface area contributed by atoms with Crippen molar-refractivity contribution < 1.29 is 24.2 Å². The second kappa shape index (κ2) is 10.6. The molecule has 0 bridgehead atoms. The van der Waals surface area contributed by atoms with Crippen molar-refractivity contribution in [2.24, 2.45) is 0 Å². The van der Waals surface area contributed by atoms with Gasteiger partial charge in [0.2, 0.25) is 0 Å². The molecule has 1 N–H and O–H groups in total. The van der Waals surface area contributed by atoms with Gasteiger partial charge in [-0.05, 0) is 48.7 Å². The summed E-state index contributed by atoms with van der Waals surface area (Å²) in [7, 11) is 1.54. The first-order chi connectivity index (χ1) is 16.9. The summed E-state index contributed by atoms with van der Waals surface area (Å²) in [6, 6.07) is 22.1. The third-order valence-corrected chi connectivity index (χ3v) is 6.17. The molecule has 6 heteroatoms. The van der Waals surface area contributed by atoms with E-state index in [-0.39, 0.29) is 24.5 Å². The minimum Gasteiger partial charge on any atom is -0.507 e. The normalized spacial score (nSPS) is 17.1. The standard InChI is InChI=1S/C29H29NO5/c1-19-9-11-22(12-10-19)26-25(28(32)29(33)30(26)15-16-34-3)27(31)24-14-13-23(17-20(24)2)35-18-21-7-5-4-6-8-21/h4-14,17,26,31H,15-16,18H2,1-3H3/t26-/m0/s1. The van der Waals surface area contributed by atoms with Crippen LogP contribution in [0.5, 0.6) is 5.75 Å². The van der Waals surface area contributed by atoms with Crippen LogP contribution in [0.4, 0.5) is 0 Å². The molecule has 0 radical (unpaired) electrons. The van der Waals surface area contributed by atoms with Crippen molar-refractivity contribution >= 4 is 17.4 Å². The topological polar surface area (TPSA) is 76.1 Å². The zero-order valence-corrected chi connectivity index (χ0v) is 20.2. The van der Waals surface area contributed by atoms with Gasteiger partial charge in [0, 0.05) is 19.2 Å². The maximum absolute atomic E-state index is 13.1. The van der Waals surface area contributed by atoms with Gasteiger partial charge in [-0.1, -0.05) is 60.2 Å². The summed E-state index contributed by atoms with van der Waals surface area (Å²) in [6.45, 7) is 4.75. The van der Waals surface area contributed by atoms with E-state index >= 15 is 0 Å². The van der Waals surface area contributed by atoms with E-state index < -0.39 is 17.7 Å². The van der Waals surface area contributed by atoms with Gasteiger partial charge in [0.05, 0.1) is 18.2 Å². The lowest BCUT2D eigenvalue weighted by atomic mass is 9.93. The van der Waals surface area contributed by atoms with Crippen LogP contribution >= 0.6 is 0 Å². The number of Topliss-reactive ketones (excluding diaryl/α,β-unsaturated/α-hetero) is 1. The van der Waals surface area contributed by atoms with Gasteiger partial charge >= 0.3 is 0 Å². The Bertz CT molecular complexity index is 1250. The van der Waals surface area contributed by atoms with E-state index in [2.05, 4.69) is 0 Å². The second-order valence-electron chi connectivity index (χ2n) is 8.65. The molecule has 4 rings (SSSR count). The van der Waals surface area contributed by atoms with Gasteiger partial charge in [-0.15, -0.1) is 0 Å². The number of ether oxygens (including phenoxy) is 2. The Kier molecular flexibility index (Phi) is 7.32. The number of aliphatic hydroxyl groups is 1. The van der Waals surface area contributed by atoms with Gasteiger partial charge in [-0.25, -0.2) is 0 Å². The highest BCUT2D eigenvalue weighted by Gasteiger charge is 2.45. The second-order valence-corrected chi connectivity index (χ2v) is 8.65. The molecule has 0 aromatic heterocycles. The number of hydrogen-bond donors (Lipinski definition) is 1. The molecule has 1 atom stereocenters. The van der Waals surface area contributed by atoms with Crippen molar-refractivity contribution in [2.45, 2.75) is 26.5 Å². The number of nitrogens with zero attached hydrogens (tertiary/aromatic N) is 1. The predicted octanol–water partition coefficient (Wildman–Crippen LogP) is 4.95. The van der Waals surface area contributed by atoms with E-state index in [1.54, 1.807) is 19.2 Å². The fourth-order valence-electron chi connectivity index (χ4n) is 4.27. The third kappa shape index (κ3) is 5.12. The van der Waals surface area contributed by atoms with Crippen LogP contribution in [-0.2, 0) is 20.9 Å². The van der Waals surface area contributed by atoms with E-state index in [9.17, 15) is 14.7 Å². The Labute approximate surface area is 205 Å². The zero-order valence-electron chi connectivity index (χ0n) is 20.2. The molecule has 0 spiro atoms. The lowest BCUT2D eigenvalue weighted by Crippen LogP contribution is -2.32. The number of likely N-dealkylation sites (tertiary alicyclic amines) is 1. The van der Waals surface area contributed by atoms with Gasteiger partial charge in [0.15, 0.2) is 0 Å². The Morgan fingerprint density at radius 2 is 1.69 bits per heavy atom. The van der Waals surface area contributed by atoms with Gasteiger partial charge in [-0.3, -0.25) is 9.59 Å². The third-order valence-electron chi connectivity index (χ3n) is 6.17. The van der Waals surface area contributed by atoms with Crippen LogP contribution < -0.4 is 4.74 Å². The molecule has 1 heterocycles.